The van der Waals surface area contributed by atoms with Gasteiger partial charge in [0.15, 0.2) is 11.9 Å². The molecule has 144 valence electrons. The number of anilines is 1. The molecule has 1 atom stereocenters. The second-order valence-electron chi connectivity index (χ2n) is 6.29. The first-order chi connectivity index (χ1) is 13.3. The highest BCUT2D eigenvalue weighted by Crippen LogP contribution is 2.13. The van der Waals surface area contributed by atoms with E-state index in [-0.39, 0.29) is 11.3 Å². The van der Waals surface area contributed by atoms with E-state index < -0.39 is 23.8 Å². The molecule has 0 spiro atoms. The summed E-state index contributed by atoms with van der Waals surface area (Å²) < 4.78 is 20.0. The number of pyridine rings is 1. The number of aryl methyl sites for hydroxylation is 2. The number of nitrogens with zero attached hydrogens (tertiary/aromatic N) is 3. The number of hydrogen-bond acceptors (Lipinski definition) is 5. The van der Waals surface area contributed by atoms with Gasteiger partial charge < -0.3 is 10.1 Å². The Balaban J connectivity index is 1.63. The summed E-state index contributed by atoms with van der Waals surface area (Å²) in [5, 5.41) is 6.83. The van der Waals surface area contributed by atoms with Crippen molar-refractivity contribution in [3.63, 3.8) is 0 Å². The number of carbonyl (C=O) groups is 2. The molecule has 0 bridgehead atoms. The summed E-state index contributed by atoms with van der Waals surface area (Å²) in [5.41, 5.74) is 2.27. The van der Waals surface area contributed by atoms with E-state index in [9.17, 15) is 14.0 Å². The lowest BCUT2D eigenvalue weighted by molar-refractivity contribution is -0.123. The van der Waals surface area contributed by atoms with Crippen molar-refractivity contribution in [3.05, 3.63) is 71.4 Å². The molecule has 0 fully saturated rings. The molecule has 2 heterocycles. The summed E-state index contributed by atoms with van der Waals surface area (Å²) in [6, 6.07) is 10.6. The molecule has 2 aromatic heterocycles. The van der Waals surface area contributed by atoms with Gasteiger partial charge in [0.2, 0.25) is 0 Å². The van der Waals surface area contributed by atoms with Crippen LogP contribution in [0.4, 0.5) is 10.1 Å². The third kappa shape index (κ3) is 4.40. The van der Waals surface area contributed by atoms with Gasteiger partial charge in [-0.15, -0.1) is 0 Å². The first-order valence-corrected chi connectivity index (χ1v) is 8.60. The number of benzene rings is 1. The van der Waals surface area contributed by atoms with Gasteiger partial charge in [-0.2, -0.15) is 5.10 Å². The Bertz CT molecular complexity index is 1010. The fourth-order valence-corrected chi connectivity index (χ4v) is 2.59. The van der Waals surface area contributed by atoms with Crippen LogP contribution >= 0.6 is 0 Å². The lowest BCUT2D eigenvalue weighted by Gasteiger charge is -2.13. The Labute approximate surface area is 161 Å². The van der Waals surface area contributed by atoms with Crippen LogP contribution in [0.5, 0.6) is 0 Å². The van der Waals surface area contributed by atoms with E-state index in [1.54, 1.807) is 16.8 Å². The lowest BCUT2D eigenvalue weighted by atomic mass is 10.2. The van der Waals surface area contributed by atoms with Gasteiger partial charge in [-0.25, -0.2) is 18.9 Å². The van der Waals surface area contributed by atoms with Gasteiger partial charge >= 0.3 is 5.97 Å². The Hall–Kier alpha value is -3.55. The molecule has 8 heteroatoms. The van der Waals surface area contributed by atoms with Crippen LogP contribution in [0.15, 0.2) is 48.7 Å². The molecule has 0 aliphatic carbocycles. The summed E-state index contributed by atoms with van der Waals surface area (Å²) in [6.45, 7) is 5.22. The van der Waals surface area contributed by atoms with Crippen LogP contribution in [0, 0.1) is 19.7 Å². The van der Waals surface area contributed by atoms with Crippen LogP contribution in [0.1, 0.15) is 28.7 Å². The zero-order valence-corrected chi connectivity index (χ0v) is 15.6. The smallest absolute Gasteiger partial charge is 0.340 e. The predicted octanol–water partition coefficient (Wildman–Crippen LogP) is 3.21. The van der Waals surface area contributed by atoms with Gasteiger partial charge in [0.05, 0.1) is 11.3 Å². The Morgan fingerprint density at radius 3 is 2.57 bits per heavy atom. The van der Waals surface area contributed by atoms with Crippen molar-refractivity contribution in [3.8, 4) is 5.82 Å². The fourth-order valence-electron chi connectivity index (χ4n) is 2.59. The molecule has 0 saturated heterocycles. The summed E-state index contributed by atoms with van der Waals surface area (Å²) >= 11 is 0. The van der Waals surface area contributed by atoms with Crippen LogP contribution in [0.25, 0.3) is 5.82 Å². The number of esters is 1. The van der Waals surface area contributed by atoms with Crippen molar-refractivity contribution >= 4 is 17.6 Å². The van der Waals surface area contributed by atoms with E-state index in [0.29, 0.717) is 5.82 Å². The normalized spacial score (nSPS) is 11.7. The third-order valence-electron chi connectivity index (χ3n) is 3.96. The minimum absolute atomic E-state index is 0.204. The summed E-state index contributed by atoms with van der Waals surface area (Å²) in [6.07, 6.45) is 0.303. The van der Waals surface area contributed by atoms with Gasteiger partial charge in [0.1, 0.15) is 5.82 Å². The molecule has 7 nitrogen and oxygen atoms in total. The van der Waals surface area contributed by atoms with E-state index in [4.69, 9.17) is 4.74 Å². The van der Waals surface area contributed by atoms with Crippen LogP contribution < -0.4 is 5.32 Å². The van der Waals surface area contributed by atoms with Crippen molar-refractivity contribution in [2.45, 2.75) is 26.9 Å². The number of rotatable bonds is 5. The molecule has 0 radical (unpaired) electrons. The number of ether oxygens (including phenoxy) is 1. The van der Waals surface area contributed by atoms with Gasteiger partial charge in [-0.05, 0) is 57.2 Å². The maximum absolute atomic E-state index is 13.2. The highest BCUT2D eigenvalue weighted by Gasteiger charge is 2.19. The van der Waals surface area contributed by atoms with Crippen LogP contribution in [-0.4, -0.2) is 32.7 Å². The van der Waals surface area contributed by atoms with Gasteiger partial charge in [-0.1, -0.05) is 6.07 Å². The van der Waals surface area contributed by atoms with Crippen molar-refractivity contribution in [2.75, 3.05) is 5.32 Å². The highest BCUT2D eigenvalue weighted by atomic mass is 19.1. The molecule has 3 rings (SSSR count). The molecule has 1 unspecified atom stereocenters. The summed E-state index contributed by atoms with van der Waals surface area (Å²) in [7, 11) is 0. The number of halogens is 1. The zero-order chi connectivity index (χ0) is 20.3. The van der Waals surface area contributed by atoms with Gasteiger partial charge in [0, 0.05) is 17.6 Å². The van der Waals surface area contributed by atoms with E-state index >= 15 is 0 Å². The minimum atomic E-state index is -1.06. The first-order valence-electron chi connectivity index (χ1n) is 8.60. The Kier molecular flexibility index (Phi) is 5.49. The van der Waals surface area contributed by atoms with Crippen molar-refractivity contribution < 1.29 is 18.7 Å². The van der Waals surface area contributed by atoms with E-state index in [1.165, 1.54) is 37.4 Å². The molecule has 28 heavy (non-hydrogen) atoms. The number of aromatic nitrogens is 3. The van der Waals surface area contributed by atoms with E-state index in [2.05, 4.69) is 15.4 Å². The highest BCUT2D eigenvalue weighted by molar-refractivity contribution is 5.97. The predicted molar refractivity (Wildman–Crippen MR) is 101 cm³/mol. The van der Waals surface area contributed by atoms with E-state index in [1.807, 2.05) is 19.9 Å². The van der Waals surface area contributed by atoms with Crippen LogP contribution in [0.2, 0.25) is 0 Å². The fraction of sp³-hybridized carbons (Fsp3) is 0.200. The number of hydrogen-bond donors (Lipinski definition) is 1. The number of amides is 1. The molecule has 1 aromatic carbocycles. The largest absolute Gasteiger partial charge is 0.449 e. The molecule has 0 aliphatic rings. The SMILES string of the molecule is Cc1cc(C)n(-c2ccc(C(=O)OC(C)C(=O)Nc3cccc(F)c3)cn2)n1. The summed E-state index contributed by atoms with van der Waals surface area (Å²) in [4.78, 5) is 28.6. The average molecular weight is 382 g/mol. The molecular weight excluding hydrogens is 363 g/mol. The molecule has 0 aliphatic heterocycles. The summed E-state index contributed by atoms with van der Waals surface area (Å²) in [5.74, 6) is -1.16. The van der Waals surface area contributed by atoms with Crippen molar-refractivity contribution in [2.24, 2.45) is 0 Å². The standard InChI is InChI=1S/C20H19FN4O3/c1-12-9-13(2)25(24-12)18-8-7-15(11-22-18)20(27)28-14(3)19(26)23-17-6-4-5-16(21)10-17/h4-11,14H,1-3H3,(H,23,26). The van der Waals surface area contributed by atoms with Gasteiger partial charge in [-0.3, -0.25) is 4.79 Å². The quantitative estimate of drug-likeness (QED) is 0.685. The second-order valence-corrected chi connectivity index (χ2v) is 6.29. The van der Waals surface area contributed by atoms with Crippen molar-refractivity contribution in [1.82, 2.24) is 14.8 Å². The topological polar surface area (TPSA) is 86.1 Å². The molecule has 0 saturated carbocycles. The number of nitrogens with one attached hydrogen (secondary N) is 1. The molecular formula is C20H19FN4O3. The van der Waals surface area contributed by atoms with Crippen LogP contribution in [-0.2, 0) is 9.53 Å². The van der Waals surface area contributed by atoms with Gasteiger partial charge in [0.25, 0.3) is 5.91 Å². The molecule has 1 amide bonds. The minimum Gasteiger partial charge on any atom is -0.449 e. The lowest BCUT2D eigenvalue weighted by Crippen LogP contribution is -2.30. The third-order valence-corrected chi connectivity index (χ3v) is 3.96. The Morgan fingerprint density at radius 1 is 1.18 bits per heavy atom. The maximum atomic E-state index is 13.2. The first kappa shape index (κ1) is 19.2. The Morgan fingerprint density at radius 2 is 1.96 bits per heavy atom. The van der Waals surface area contributed by atoms with E-state index in [0.717, 1.165) is 11.4 Å². The maximum Gasteiger partial charge on any atom is 0.340 e. The molecule has 1 N–H and O–H groups in total. The second kappa shape index (κ2) is 7.99. The zero-order valence-electron chi connectivity index (χ0n) is 15.6. The number of carbonyl (C=O) groups excluding carboxylic acids is 2. The van der Waals surface area contributed by atoms with Crippen LogP contribution in [0.3, 0.4) is 0 Å². The monoisotopic (exact) mass is 382 g/mol. The average Bonchev–Trinajstić information content (AvgIpc) is 3.00. The van der Waals surface area contributed by atoms with Crippen molar-refractivity contribution in [1.29, 1.82) is 0 Å². The molecule has 3 aromatic rings.